The second-order valence-corrected chi connectivity index (χ2v) is 11.8. The number of rotatable bonds is 6. The zero-order chi connectivity index (χ0) is 20.6. The molecule has 2 aromatic rings. The average molecular weight is 434 g/mol. The van der Waals surface area contributed by atoms with Crippen molar-refractivity contribution in [1.29, 1.82) is 0 Å². The normalized spacial score (nSPS) is 25.1. The van der Waals surface area contributed by atoms with E-state index in [1.807, 2.05) is 12.1 Å². The smallest absolute Gasteiger partial charge is 0.237 e. The average Bonchev–Trinajstić information content (AvgIpc) is 3.29. The first-order valence-corrected chi connectivity index (χ1v) is 12.7. The standard InChI is InChI=1S/C21H27N3O3S2/c1-14(2)29(26,27)17-10-8-16(9-11-17)21(19(25)23-20-24-22-13-28-20)12-18(21)15-6-4-3-5-7-15/h8-11,13-15,18H,3-7,12H2,1-2H3,(H,23,24,25)/t18-,21-/m0/s1. The topological polar surface area (TPSA) is 89.0 Å². The van der Waals surface area contributed by atoms with Gasteiger partial charge in [0, 0.05) is 0 Å². The first-order valence-electron chi connectivity index (χ1n) is 10.3. The molecule has 1 N–H and O–H groups in total. The van der Waals surface area contributed by atoms with E-state index in [2.05, 4.69) is 15.5 Å². The van der Waals surface area contributed by atoms with E-state index < -0.39 is 20.5 Å². The van der Waals surface area contributed by atoms with Crippen molar-refractivity contribution in [3.63, 3.8) is 0 Å². The lowest BCUT2D eigenvalue weighted by molar-refractivity contribution is -0.119. The summed E-state index contributed by atoms with van der Waals surface area (Å²) in [6, 6.07) is 6.97. The van der Waals surface area contributed by atoms with E-state index in [0.717, 1.165) is 24.8 Å². The molecular weight excluding hydrogens is 406 g/mol. The van der Waals surface area contributed by atoms with Crippen LogP contribution in [-0.4, -0.2) is 29.8 Å². The van der Waals surface area contributed by atoms with Crippen LogP contribution in [0.1, 0.15) is 57.9 Å². The van der Waals surface area contributed by atoms with Gasteiger partial charge in [0.15, 0.2) is 9.84 Å². The monoisotopic (exact) mass is 433 g/mol. The molecule has 2 aliphatic carbocycles. The summed E-state index contributed by atoms with van der Waals surface area (Å²) in [5.41, 5.74) is 1.89. The molecule has 4 rings (SSSR count). The summed E-state index contributed by atoms with van der Waals surface area (Å²) in [4.78, 5) is 13.7. The molecule has 8 heteroatoms. The second kappa shape index (κ2) is 7.80. The van der Waals surface area contributed by atoms with Crippen LogP contribution in [0.4, 0.5) is 5.13 Å². The zero-order valence-corrected chi connectivity index (χ0v) is 18.4. The number of benzene rings is 1. The third-order valence-electron chi connectivity index (χ3n) is 6.54. The Morgan fingerprint density at radius 2 is 1.86 bits per heavy atom. The molecule has 0 radical (unpaired) electrons. The number of hydrogen-bond acceptors (Lipinski definition) is 6. The fourth-order valence-corrected chi connectivity index (χ4v) is 6.27. The number of nitrogens with zero attached hydrogens (tertiary/aromatic N) is 2. The van der Waals surface area contributed by atoms with Gasteiger partial charge >= 0.3 is 0 Å². The first kappa shape index (κ1) is 20.5. The molecule has 29 heavy (non-hydrogen) atoms. The second-order valence-electron chi connectivity index (χ2n) is 8.50. The maximum absolute atomic E-state index is 13.3. The summed E-state index contributed by atoms with van der Waals surface area (Å²) in [6.45, 7) is 3.36. The largest absolute Gasteiger partial charge is 0.300 e. The van der Waals surface area contributed by atoms with Gasteiger partial charge < -0.3 is 0 Å². The van der Waals surface area contributed by atoms with E-state index in [1.165, 1.54) is 30.6 Å². The Labute approximate surface area is 176 Å². The van der Waals surface area contributed by atoms with Crippen molar-refractivity contribution < 1.29 is 13.2 Å². The predicted molar refractivity (Wildman–Crippen MR) is 114 cm³/mol. The molecule has 2 atom stereocenters. The van der Waals surface area contributed by atoms with E-state index in [9.17, 15) is 13.2 Å². The van der Waals surface area contributed by atoms with Crippen LogP contribution in [0.15, 0.2) is 34.7 Å². The summed E-state index contributed by atoms with van der Waals surface area (Å²) >= 11 is 1.30. The quantitative estimate of drug-likeness (QED) is 0.738. The van der Waals surface area contributed by atoms with Crippen molar-refractivity contribution in [2.24, 2.45) is 11.8 Å². The molecule has 2 aliphatic rings. The predicted octanol–water partition coefficient (Wildman–Crippen LogP) is 4.20. The van der Waals surface area contributed by atoms with Crippen molar-refractivity contribution in [1.82, 2.24) is 10.2 Å². The van der Waals surface area contributed by atoms with E-state index in [-0.39, 0.29) is 5.91 Å². The van der Waals surface area contributed by atoms with E-state index in [0.29, 0.717) is 21.9 Å². The van der Waals surface area contributed by atoms with Crippen LogP contribution in [0.5, 0.6) is 0 Å². The number of carbonyl (C=O) groups is 1. The molecule has 1 amide bonds. The Morgan fingerprint density at radius 1 is 1.17 bits per heavy atom. The molecule has 156 valence electrons. The highest BCUT2D eigenvalue weighted by atomic mass is 32.2. The van der Waals surface area contributed by atoms with E-state index in [4.69, 9.17) is 0 Å². The van der Waals surface area contributed by atoms with Crippen LogP contribution in [0, 0.1) is 11.8 Å². The Morgan fingerprint density at radius 3 is 2.45 bits per heavy atom. The van der Waals surface area contributed by atoms with Crippen LogP contribution in [0.25, 0.3) is 0 Å². The molecule has 0 saturated heterocycles. The minimum Gasteiger partial charge on any atom is -0.300 e. The maximum atomic E-state index is 13.3. The van der Waals surface area contributed by atoms with Gasteiger partial charge in [0.05, 0.1) is 15.6 Å². The van der Waals surface area contributed by atoms with Gasteiger partial charge in [0.1, 0.15) is 5.51 Å². The molecule has 6 nitrogen and oxygen atoms in total. The first-order chi connectivity index (χ1) is 13.9. The van der Waals surface area contributed by atoms with Crippen LogP contribution < -0.4 is 5.32 Å². The van der Waals surface area contributed by atoms with Gasteiger partial charge in [-0.1, -0.05) is 55.6 Å². The van der Waals surface area contributed by atoms with Crippen LogP contribution in [-0.2, 0) is 20.0 Å². The van der Waals surface area contributed by atoms with Gasteiger partial charge in [0.25, 0.3) is 0 Å². The Kier molecular flexibility index (Phi) is 5.50. The highest BCUT2D eigenvalue weighted by Gasteiger charge is 2.63. The minimum atomic E-state index is -3.33. The van der Waals surface area contributed by atoms with Gasteiger partial charge in [0.2, 0.25) is 11.0 Å². The lowest BCUT2D eigenvalue weighted by atomic mass is 9.80. The SMILES string of the molecule is CC(C)S(=O)(=O)c1ccc([C@@]2(C(=O)Nc3nncs3)C[C@H]2C2CCCCC2)cc1. The molecule has 1 heterocycles. The van der Waals surface area contributed by atoms with Crippen molar-refractivity contribution in [2.75, 3.05) is 5.32 Å². The van der Waals surface area contributed by atoms with Gasteiger partial charge in [-0.25, -0.2) is 8.42 Å². The van der Waals surface area contributed by atoms with Crippen LogP contribution in [0.2, 0.25) is 0 Å². The molecule has 0 spiro atoms. The van der Waals surface area contributed by atoms with Gasteiger partial charge in [-0.3, -0.25) is 10.1 Å². The number of anilines is 1. The molecule has 2 saturated carbocycles. The van der Waals surface area contributed by atoms with Crippen molar-refractivity contribution in [3.05, 3.63) is 35.3 Å². The van der Waals surface area contributed by atoms with E-state index >= 15 is 0 Å². The van der Waals surface area contributed by atoms with Crippen LogP contribution in [0.3, 0.4) is 0 Å². The van der Waals surface area contributed by atoms with Crippen LogP contribution >= 0.6 is 11.3 Å². The molecule has 2 fully saturated rings. The molecule has 1 aromatic carbocycles. The summed E-state index contributed by atoms with van der Waals surface area (Å²) in [5.74, 6) is 0.788. The number of aromatic nitrogens is 2. The Bertz CT molecular complexity index is 965. The Hall–Kier alpha value is -1.80. The molecule has 1 aromatic heterocycles. The molecule has 0 unspecified atom stereocenters. The van der Waals surface area contributed by atoms with E-state index in [1.54, 1.807) is 31.5 Å². The number of hydrogen-bond donors (Lipinski definition) is 1. The van der Waals surface area contributed by atoms with Gasteiger partial charge in [-0.15, -0.1) is 10.2 Å². The molecular formula is C21H27N3O3S2. The van der Waals surface area contributed by atoms with Crippen molar-refractivity contribution in [2.45, 2.75) is 67.9 Å². The number of carbonyl (C=O) groups excluding carboxylic acids is 1. The van der Waals surface area contributed by atoms with Crippen molar-refractivity contribution in [3.8, 4) is 0 Å². The van der Waals surface area contributed by atoms with Crippen molar-refractivity contribution >= 4 is 32.2 Å². The maximum Gasteiger partial charge on any atom is 0.237 e. The fraction of sp³-hybridized carbons (Fsp3) is 0.571. The van der Waals surface area contributed by atoms with Gasteiger partial charge in [-0.05, 0) is 49.8 Å². The third-order valence-corrected chi connectivity index (χ3v) is 9.31. The fourth-order valence-electron chi connectivity index (χ4n) is 4.77. The summed E-state index contributed by atoms with van der Waals surface area (Å²) < 4.78 is 24.9. The number of nitrogens with one attached hydrogen (secondary N) is 1. The highest BCUT2D eigenvalue weighted by Crippen LogP contribution is 2.61. The summed E-state index contributed by atoms with van der Waals surface area (Å²) in [5, 5.41) is 10.7. The number of amides is 1. The lowest BCUT2D eigenvalue weighted by Gasteiger charge is -2.25. The minimum absolute atomic E-state index is 0.0516. The molecule has 0 aliphatic heterocycles. The third kappa shape index (κ3) is 3.72. The number of sulfone groups is 1. The van der Waals surface area contributed by atoms with Gasteiger partial charge in [-0.2, -0.15) is 0 Å². The highest BCUT2D eigenvalue weighted by molar-refractivity contribution is 7.92. The molecule has 0 bridgehead atoms. The summed E-state index contributed by atoms with van der Waals surface area (Å²) in [6.07, 6.45) is 6.85. The lowest BCUT2D eigenvalue weighted by Crippen LogP contribution is -2.32. The zero-order valence-electron chi connectivity index (χ0n) is 16.8. The Balaban J connectivity index is 1.65. The summed E-state index contributed by atoms with van der Waals surface area (Å²) in [7, 11) is -3.33.